The van der Waals surface area contributed by atoms with Crippen molar-refractivity contribution in [3.63, 3.8) is 0 Å². The summed E-state index contributed by atoms with van der Waals surface area (Å²) in [6.45, 7) is 2.67. The van der Waals surface area contributed by atoms with E-state index in [1.54, 1.807) is 12.1 Å². The van der Waals surface area contributed by atoms with Gasteiger partial charge in [0.25, 0.3) is 0 Å². The predicted octanol–water partition coefficient (Wildman–Crippen LogP) is 4.40. The van der Waals surface area contributed by atoms with Crippen molar-refractivity contribution < 1.29 is 4.39 Å². The Bertz CT molecular complexity index is 508. The Morgan fingerprint density at radius 3 is 2.47 bits per heavy atom. The largest absolute Gasteiger partial charge is 0.381 e. The van der Waals surface area contributed by atoms with E-state index >= 15 is 0 Å². The number of hydrogen-bond acceptors (Lipinski definition) is 1. The van der Waals surface area contributed by atoms with Crippen molar-refractivity contribution in [3.05, 3.63) is 64.4 Å². The second kappa shape index (κ2) is 5.19. The van der Waals surface area contributed by atoms with Gasteiger partial charge in [-0.15, -0.1) is 0 Å². The molecule has 0 saturated heterocycles. The minimum atomic E-state index is -0.384. The first-order valence-corrected chi connectivity index (χ1v) is 5.77. The Morgan fingerprint density at radius 1 is 1.12 bits per heavy atom. The summed E-state index contributed by atoms with van der Waals surface area (Å²) in [4.78, 5) is 0. The van der Waals surface area contributed by atoms with E-state index in [1.807, 2.05) is 31.2 Å². The molecule has 0 aromatic heterocycles. The first kappa shape index (κ1) is 11.9. The number of rotatable bonds is 3. The second-order valence-corrected chi connectivity index (χ2v) is 4.38. The molecule has 2 aromatic rings. The van der Waals surface area contributed by atoms with E-state index in [2.05, 4.69) is 5.32 Å². The van der Waals surface area contributed by atoms with E-state index < -0.39 is 0 Å². The summed E-state index contributed by atoms with van der Waals surface area (Å²) in [6, 6.07) is 12.9. The van der Waals surface area contributed by atoms with Crippen LogP contribution in [0.5, 0.6) is 0 Å². The third-order valence-electron chi connectivity index (χ3n) is 2.53. The lowest BCUT2D eigenvalue weighted by Crippen LogP contribution is -1.99. The normalized spacial score (nSPS) is 10.3. The first-order valence-electron chi connectivity index (χ1n) is 5.39. The average molecular weight is 250 g/mol. The number of hydrogen-bond donors (Lipinski definition) is 1. The van der Waals surface area contributed by atoms with Crippen LogP contribution in [0.15, 0.2) is 42.5 Å². The lowest BCUT2D eigenvalue weighted by Gasteiger charge is -2.07. The molecule has 0 fully saturated rings. The Balaban J connectivity index is 2.02. The van der Waals surface area contributed by atoms with Crippen LogP contribution in [-0.4, -0.2) is 0 Å². The maximum Gasteiger partial charge on any atom is 0.141 e. The van der Waals surface area contributed by atoms with Gasteiger partial charge in [0.2, 0.25) is 0 Å². The topological polar surface area (TPSA) is 12.0 Å². The summed E-state index contributed by atoms with van der Waals surface area (Å²) in [5.74, 6) is -0.384. The van der Waals surface area contributed by atoms with Crippen LogP contribution in [0.3, 0.4) is 0 Å². The van der Waals surface area contributed by atoms with Crippen LogP contribution < -0.4 is 5.32 Å². The molecular weight excluding hydrogens is 237 g/mol. The standard InChI is InChI=1S/C14H13ClFN/c1-10-2-5-12(6-3-10)17-9-11-4-7-14(16)13(15)8-11/h2-8,17H,9H2,1H3. The predicted molar refractivity (Wildman–Crippen MR) is 69.9 cm³/mol. The molecule has 0 radical (unpaired) electrons. The van der Waals surface area contributed by atoms with Crippen LogP contribution in [0.1, 0.15) is 11.1 Å². The molecule has 0 amide bonds. The van der Waals surface area contributed by atoms with E-state index in [4.69, 9.17) is 11.6 Å². The molecular formula is C14H13ClFN. The third kappa shape index (κ3) is 3.21. The number of benzene rings is 2. The van der Waals surface area contributed by atoms with Gasteiger partial charge in [-0.1, -0.05) is 35.4 Å². The monoisotopic (exact) mass is 249 g/mol. The summed E-state index contributed by atoms with van der Waals surface area (Å²) in [5, 5.41) is 3.41. The van der Waals surface area contributed by atoms with Crippen molar-refractivity contribution in [3.8, 4) is 0 Å². The van der Waals surface area contributed by atoms with Crippen molar-refractivity contribution in [1.82, 2.24) is 0 Å². The molecule has 3 heteroatoms. The van der Waals surface area contributed by atoms with Gasteiger partial charge in [-0.3, -0.25) is 0 Å². The molecule has 0 unspecified atom stereocenters. The zero-order chi connectivity index (χ0) is 12.3. The van der Waals surface area contributed by atoms with E-state index in [-0.39, 0.29) is 10.8 Å². The summed E-state index contributed by atoms with van der Waals surface area (Å²) in [6.07, 6.45) is 0. The molecule has 0 aliphatic carbocycles. The van der Waals surface area contributed by atoms with E-state index in [0.717, 1.165) is 11.3 Å². The molecule has 1 N–H and O–H groups in total. The van der Waals surface area contributed by atoms with Gasteiger partial charge >= 0.3 is 0 Å². The highest BCUT2D eigenvalue weighted by molar-refractivity contribution is 6.30. The van der Waals surface area contributed by atoms with E-state index in [9.17, 15) is 4.39 Å². The summed E-state index contributed by atoms with van der Waals surface area (Å²) in [7, 11) is 0. The average Bonchev–Trinajstić information content (AvgIpc) is 2.33. The molecule has 0 aliphatic heterocycles. The maximum atomic E-state index is 13.0. The first-order chi connectivity index (χ1) is 8.15. The van der Waals surface area contributed by atoms with Crippen molar-refractivity contribution in [2.75, 3.05) is 5.32 Å². The van der Waals surface area contributed by atoms with Gasteiger partial charge in [-0.05, 0) is 36.8 Å². The SMILES string of the molecule is Cc1ccc(NCc2ccc(F)c(Cl)c2)cc1. The molecule has 0 bridgehead atoms. The summed E-state index contributed by atoms with van der Waals surface area (Å²) in [5.41, 5.74) is 3.22. The molecule has 0 spiro atoms. The fourth-order valence-corrected chi connectivity index (χ4v) is 1.73. The van der Waals surface area contributed by atoms with Gasteiger partial charge < -0.3 is 5.32 Å². The van der Waals surface area contributed by atoms with Crippen LogP contribution in [0.4, 0.5) is 10.1 Å². The second-order valence-electron chi connectivity index (χ2n) is 3.97. The molecule has 88 valence electrons. The number of nitrogens with one attached hydrogen (secondary N) is 1. The van der Waals surface area contributed by atoms with Crippen LogP contribution in [0.25, 0.3) is 0 Å². The van der Waals surface area contributed by atoms with Gasteiger partial charge in [-0.2, -0.15) is 0 Å². The Kier molecular flexibility index (Phi) is 3.64. The zero-order valence-corrected chi connectivity index (χ0v) is 10.3. The molecule has 1 nitrogen and oxygen atoms in total. The number of aryl methyl sites for hydroxylation is 1. The van der Waals surface area contributed by atoms with Crippen molar-refractivity contribution in [2.24, 2.45) is 0 Å². The van der Waals surface area contributed by atoms with E-state index in [0.29, 0.717) is 6.54 Å². The Morgan fingerprint density at radius 2 is 1.82 bits per heavy atom. The third-order valence-corrected chi connectivity index (χ3v) is 2.82. The minimum Gasteiger partial charge on any atom is -0.381 e. The molecule has 0 aliphatic rings. The Labute approximate surface area is 105 Å². The van der Waals surface area contributed by atoms with Crippen molar-refractivity contribution in [1.29, 1.82) is 0 Å². The zero-order valence-electron chi connectivity index (χ0n) is 9.50. The van der Waals surface area contributed by atoms with Crippen molar-refractivity contribution >= 4 is 17.3 Å². The number of anilines is 1. The molecule has 17 heavy (non-hydrogen) atoms. The summed E-state index contributed by atoms with van der Waals surface area (Å²) < 4.78 is 13.0. The molecule has 0 atom stereocenters. The maximum absolute atomic E-state index is 13.0. The summed E-state index contributed by atoms with van der Waals surface area (Å²) >= 11 is 5.71. The van der Waals surface area contributed by atoms with Gasteiger partial charge in [0, 0.05) is 12.2 Å². The fourth-order valence-electron chi connectivity index (χ4n) is 1.53. The highest BCUT2D eigenvalue weighted by atomic mass is 35.5. The van der Waals surface area contributed by atoms with Crippen LogP contribution in [0.2, 0.25) is 5.02 Å². The molecule has 2 rings (SSSR count). The van der Waals surface area contributed by atoms with Gasteiger partial charge in [-0.25, -0.2) is 4.39 Å². The van der Waals surface area contributed by atoms with Gasteiger partial charge in [0.05, 0.1) is 5.02 Å². The highest BCUT2D eigenvalue weighted by Crippen LogP contribution is 2.17. The van der Waals surface area contributed by atoms with Crippen LogP contribution >= 0.6 is 11.6 Å². The smallest absolute Gasteiger partial charge is 0.141 e. The lowest BCUT2D eigenvalue weighted by molar-refractivity contribution is 0.627. The molecule has 0 heterocycles. The number of halogens is 2. The van der Waals surface area contributed by atoms with Crippen molar-refractivity contribution in [2.45, 2.75) is 13.5 Å². The molecule has 0 saturated carbocycles. The van der Waals surface area contributed by atoms with Gasteiger partial charge in [0.15, 0.2) is 0 Å². The highest BCUT2D eigenvalue weighted by Gasteiger charge is 2.00. The molecule has 2 aromatic carbocycles. The minimum absolute atomic E-state index is 0.160. The van der Waals surface area contributed by atoms with Crippen LogP contribution in [-0.2, 0) is 6.54 Å². The lowest BCUT2D eigenvalue weighted by atomic mass is 10.2. The Hall–Kier alpha value is -1.54. The fraction of sp³-hybridized carbons (Fsp3) is 0.143. The van der Waals surface area contributed by atoms with Crippen LogP contribution in [0, 0.1) is 12.7 Å². The van der Waals surface area contributed by atoms with E-state index in [1.165, 1.54) is 11.6 Å². The van der Waals surface area contributed by atoms with Gasteiger partial charge in [0.1, 0.15) is 5.82 Å². The quantitative estimate of drug-likeness (QED) is 0.850.